The van der Waals surface area contributed by atoms with E-state index in [-0.39, 0.29) is 23.5 Å². The van der Waals surface area contributed by atoms with Crippen molar-refractivity contribution >= 4 is 23.5 Å². The minimum Gasteiger partial charge on any atom is -0.494 e. The van der Waals surface area contributed by atoms with Crippen LogP contribution in [0.1, 0.15) is 70.7 Å². The van der Waals surface area contributed by atoms with Crippen LogP contribution >= 0.6 is 0 Å². The predicted molar refractivity (Wildman–Crippen MR) is 142 cm³/mol. The molecule has 8 heteroatoms. The number of unbranched alkanes of at least 4 members (excludes halogenated alkanes) is 3. The molecule has 200 valence electrons. The summed E-state index contributed by atoms with van der Waals surface area (Å²) >= 11 is 0. The van der Waals surface area contributed by atoms with E-state index in [4.69, 9.17) is 18.9 Å². The quantitative estimate of drug-likeness (QED) is 0.142. The lowest BCUT2D eigenvalue weighted by molar-refractivity contribution is -0.147. The van der Waals surface area contributed by atoms with Gasteiger partial charge in [-0.05, 0) is 70.5 Å². The highest BCUT2D eigenvalue weighted by atomic mass is 16.6. The van der Waals surface area contributed by atoms with E-state index in [9.17, 15) is 14.4 Å². The maximum Gasteiger partial charge on any atom is 0.374 e. The van der Waals surface area contributed by atoms with Crippen molar-refractivity contribution < 1.29 is 33.3 Å². The van der Waals surface area contributed by atoms with Crippen molar-refractivity contribution in [2.45, 2.75) is 72.5 Å². The third kappa shape index (κ3) is 10.8. The van der Waals surface area contributed by atoms with Gasteiger partial charge in [-0.1, -0.05) is 38.3 Å². The van der Waals surface area contributed by atoms with E-state index in [1.807, 2.05) is 0 Å². The van der Waals surface area contributed by atoms with Crippen molar-refractivity contribution in [1.82, 2.24) is 0 Å². The molecule has 0 aliphatic rings. The number of hydrogen-bond acceptors (Lipinski definition) is 7. The molecular weight excluding hydrogens is 474 g/mol. The van der Waals surface area contributed by atoms with Crippen LogP contribution in [0.2, 0.25) is 0 Å². The zero-order valence-corrected chi connectivity index (χ0v) is 22.2. The van der Waals surface area contributed by atoms with Crippen molar-refractivity contribution in [1.29, 1.82) is 0 Å². The van der Waals surface area contributed by atoms with Crippen LogP contribution in [0, 0.1) is 0 Å². The Bertz CT molecular complexity index is 1060. The summed E-state index contributed by atoms with van der Waals surface area (Å²) in [6.45, 7) is 9.54. The van der Waals surface area contributed by atoms with E-state index in [1.165, 1.54) is 12.8 Å². The molecule has 0 aromatic heterocycles. The fourth-order valence-electron chi connectivity index (χ4n) is 3.17. The predicted octanol–water partition coefficient (Wildman–Crippen LogP) is 6.06. The summed E-state index contributed by atoms with van der Waals surface area (Å²) in [7, 11) is 0. The van der Waals surface area contributed by atoms with Gasteiger partial charge in [0.1, 0.15) is 5.75 Å². The molecule has 1 amide bonds. The minimum atomic E-state index is -0.831. The first-order valence-corrected chi connectivity index (χ1v) is 12.6. The Balaban J connectivity index is 2.13. The maximum absolute atomic E-state index is 12.9. The largest absolute Gasteiger partial charge is 0.494 e. The highest BCUT2D eigenvalue weighted by molar-refractivity contribution is 6.05. The summed E-state index contributed by atoms with van der Waals surface area (Å²) in [5.74, 6) is -1.46. The van der Waals surface area contributed by atoms with Gasteiger partial charge in [-0.25, -0.2) is 9.59 Å². The molecule has 0 saturated heterocycles. The molecule has 0 fully saturated rings. The molecule has 8 nitrogen and oxygen atoms in total. The van der Waals surface area contributed by atoms with E-state index < -0.39 is 18.0 Å². The molecule has 0 radical (unpaired) electrons. The Kier molecular flexibility index (Phi) is 12.2. The summed E-state index contributed by atoms with van der Waals surface area (Å²) < 4.78 is 21.8. The number of amides is 1. The number of rotatable bonds is 14. The van der Waals surface area contributed by atoms with Gasteiger partial charge in [0.05, 0.1) is 30.6 Å². The maximum atomic E-state index is 12.9. The van der Waals surface area contributed by atoms with Gasteiger partial charge in [-0.2, -0.15) is 0 Å². The van der Waals surface area contributed by atoms with E-state index in [0.29, 0.717) is 23.6 Å². The summed E-state index contributed by atoms with van der Waals surface area (Å²) in [5.41, 5.74) is 0.729. The minimum absolute atomic E-state index is 0.159. The second-order valence-electron chi connectivity index (χ2n) is 8.93. The molecule has 2 rings (SSSR count). The molecule has 37 heavy (non-hydrogen) atoms. The Morgan fingerprint density at radius 1 is 0.865 bits per heavy atom. The molecule has 1 N–H and O–H groups in total. The van der Waals surface area contributed by atoms with Crippen molar-refractivity contribution in [2.24, 2.45) is 0 Å². The van der Waals surface area contributed by atoms with E-state index in [1.54, 1.807) is 76.2 Å². The Morgan fingerprint density at radius 3 is 2.19 bits per heavy atom. The van der Waals surface area contributed by atoms with Crippen molar-refractivity contribution in [3.05, 3.63) is 65.9 Å². The van der Waals surface area contributed by atoms with Crippen molar-refractivity contribution in [3.63, 3.8) is 0 Å². The third-order valence-electron chi connectivity index (χ3n) is 4.88. The first-order chi connectivity index (χ1) is 17.7. The first-order valence-electron chi connectivity index (χ1n) is 12.6. The highest BCUT2D eigenvalue weighted by Crippen LogP contribution is 2.27. The number of para-hydroxylation sites is 2. The van der Waals surface area contributed by atoms with Gasteiger partial charge in [0.2, 0.25) is 5.76 Å². The van der Waals surface area contributed by atoms with Crippen LogP contribution in [-0.2, 0) is 19.1 Å². The summed E-state index contributed by atoms with van der Waals surface area (Å²) in [6, 6.07) is 13.4. The molecule has 0 unspecified atom stereocenters. The molecule has 0 spiro atoms. The zero-order chi connectivity index (χ0) is 27.2. The fraction of sp³-hybridized carbons (Fsp3) is 0.414. The van der Waals surface area contributed by atoms with Gasteiger partial charge in [-0.3, -0.25) is 4.79 Å². The van der Waals surface area contributed by atoms with Crippen LogP contribution in [0.5, 0.6) is 11.5 Å². The van der Waals surface area contributed by atoms with Crippen LogP contribution in [-0.4, -0.2) is 36.7 Å². The van der Waals surface area contributed by atoms with E-state index in [2.05, 4.69) is 12.2 Å². The fourth-order valence-corrected chi connectivity index (χ4v) is 3.17. The SMILES string of the molecule is CCCCCCOc1ccc(C(=O)Nc2ccccc2O/C(=C\C(=O)OC(C)C)C(=O)OC(C)C)cc1. The van der Waals surface area contributed by atoms with Gasteiger partial charge in [-0.15, -0.1) is 0 Å². The number of carbonyl (C=O) groups is 3. The average molecular weight is 512 g/mol. The van der Waals surface area contributed by atoms with Crippen LogP contribution in [0.3, 0.4) is 0 Å². The monoisotopic (exact) mass is 511 g/mol. The molecule has 0 aliphatic carbocycles. The molecule has 2 aromatic rings. The lowest BCUT2D eigenvalue weighted by atomic mass is 10.2. The summed E-state index contributed by atoms with van der Waals surface area (Å²) in [4.78, 5) is 37.6. The topological polar surface area (TPSA) is 100 Å². The molecule has 0 atom stereocenters. The van der Waals surface area contributed by atoms with Crippen LogP contribution in [0.25, 0.3) is 0 Å². The van der Waals surface area contributed by atoms with Crippen LogP contribution < -0.4 is 14.8 Å². The number of hydrogen-bond donors (Lipinski definition) is 1. The Hall–Kier alpha value is -3.81. The zero-order valence-electron chi connectivity index (χ0n) is 22.2. The molecule has 0 bridgehead atoms. The number of nitrogens with one attached hydrogen (secondary N) is 1. The van der Waals surface area contributed by atoms with Crippen molar-refractivity contribution in [2.75, 3.05) is 11.9 Å². The van der Waals surface area contributed by atoms with Crippen molar-refractivity contribution in [3.8, 4) is 11.5 Å². The molecule has 2 aromatic carbocycles. The molecule has 0 saturated carbocycles. The summed E-state index contributed by atoms with van der Waals surface area (Å²) in [6.07, 6.45) is 4.60. The van der Waals surface area contributed by atoms with Gasteiger partial charge in [0.25, 0.3) is 5.91 Å². The molecule has 0 aliphatic heterocycles. The third-order valence-corrected chi connectivity index (χ3v) is 4.88. The Morgan fingerprint density at radius 2 is 1.54 bits per heavy atom. The smallest absolute Gasteiger partial charge is 0.374 e. The normalized spacial score (nSPS) is 11.3. The van der Waals surface area contributed by atoms with Gasteiger partial charge >= 0.3 is 11.9 Å². The Labute approximate surface area is 218 Å². The number of carbonyl (C=O) groups excluding carboxylic acids is 3. The number of ether oxygens (including phenoxy) is 4. The van der Waals surface area contributed by atoms with Gasteiger partial charge < -0.3 is 24.3 Å². The number of anilines is 1. The molecular formula is C29H37NO7. The van der Waals surface area contributed by atoms with E-state index >= 15 is 0 Å². The van der Waals surface area contributed by atoms with Gasteiger partial charge in [0, 0.05) is 5.56 Å². The number of benzene rings is 2. The number of esters is 2. The second kappa shape index (κ2) is 15.3. The van der Waals surface area contributed by atoms with Gasteiger partial charge in [0.15, 0.2) is 5.75 Å². The lowest BCUT2D eigenvalue weighted by Crippen LogP contribution is -2.20. The highest BCUT2D eigenvalue weighted by Gasteiger charge is 2.20. The van der Waals surface area contributed by atoms with E-state index in [0.717, 1.165) is 18.9 Å². The standard InChI is InChI=1S/C29H37NO7/c1-6-7-8-11-18-34-23-16-14-22(15-17-23)28(32)30-24-12-9-10-13-25(24)37-26(29(33)36-21(4)5)19-27(31)35-20(2)3/h9-10,12-17,19-21H,6-8,11,18H2,1-5H3,(H,30,32)/b26-19-. The van der Waals surface area contributed by atoms with Crippen LogP contribution in [0.15, 0.2) is 60.4 Å². The average Bonchev–Trinajstić information content (AvgIpc) is 2.84. The first kappa shape index (κ1) is 29.4. The molecule has 0 heterocycles. The lowest BCUT2D eigenvalue weighted by Gasteiger charge is -2.15. The van der Waals surface area contributed by atoms with Crippen LogP contribution in [0.4, 0.5) is 5.69 Å². The summed E-state index contributed by atoms with van der Waals surface area (Å²) in [5, 5.41) is 2.78. The second-order valence-corrected chi connectivity index (χ2v) is 8.93.